The first kappa shape index (κ1) is 20.7. The molecule has 0 fully saturated rings. The molecule has 1 heterocycles. The number of para-hydroxylation sites is 3. The quantitative estimate of drug-likeness (QED) is 0.595. The largest absolute Gasteiger partial charge is 0.320 e. The van der Waals surface area contributed by atoms with Crippen LogP contribution in [0.5, 0.6) is 0 Å². The summed E-state index contributed by atoms with van der Waals surface area (Å²) in [5, 5.41) is 3.04. The van der Waals surface area contributed by atoms with Gasteiger partial charge in [-0.3, -0.25) is 13.4 Å². The summed E-state index contributed by atoms with van der Waals surface area (Å²) in [4.78, 5) is 0. The fourth-order valence-corrected chi connectivity index (χ4v) is 4.76. The Morgan fingerprint density at radius 2 is 1.58 bits per heavy atom. The Kier molecular flexibility index (Phi) is 6.70. The molecule has 0 radical (unpaired) electrons. The minimum atomic E-state index is -3.61. The van der Waals surface area contributed by atoms with Crippen molar-refractivity contribution in [1.29, 1.82) is 0 Å². The Morgan fingerprint density at radius 3 is 2.19 bits per heavy atom. The lowest BCUT2D eigenvalue weighted by atomic mass is 10.2. The van der Waals surface area contributed by atoms with E-state index >= 15 is 0 Å². The van der Waals surface area contributed by atoms with Crippen LogP contribution in [-0.2, 0) is 0 Å². The number of anilines is 3. The highest BCUT2D eigenvalue weighted by atomic mass is 35.5. The third-order valence-corrected chi connectivity index (χ3v) is 5.93. The highest BCUT2D eigenvalue weighted by Crippen LogP contribution is 2.64. The SMILES string of the molecule is CNCCCCN1c2ccccc2N(c2c(F)cccc2F)S1(O)O.Cl. The number of hydrogen-bond acceptors (Lipinski definition) is 5. The molecule has 1 aliphatic heterocycles. The molecule has 0 atom stereocenters. The van der Waals surface area contributed by atoms with Crippen LogP contribution in [0.1, 0.15) is 12.8 Å². The molecular formula is C17H22ClF2N3O2S. The van der Waals surface area contributed by atoms with E-state index in [4.69, 9.17) is 0 Å². The van der Waals surface area contributed by atoms with Crippen molar-refractivity contribution in [3.8, 4) is 0 Å². The molecule has 0 aromatic heterocycles. The Labute approximate surface area is 159 Å². The summed E-state index contributed by atoms with van der Waals surface area (Å²) in [5.41, 5.74) is 0.474. The second-order valence-corrected chi connectivity index (χ2v) is 7.54. The van der Waals surface area contributed by atoms with Gasteiger partial charge in [0.15, 0.2) is 11.6 Å². The summed E-state index contributed by atoms with van der Waals surface area (Å²) in [6, 6.07) is 10.3. The number of rotatable bonds is 6. The van der Waals surface area contributed by atoms with Crippen molar-refractivity contribution in [2.24, 2.45) is 0 Å². The van der Waals surface area contributed by atoms with Gasteiger partial charge in [0.25, 0.3) is 0 Å². The van der Waals surface area contributed by atoms with Gasteiger partial charge in [-0.1, -0.05) is 18.2 Å². The molecule has 2 aromatic carbocycles. The number of nitrogens with one attached hydrogen (secondary N) is 1. The summed E-state index contributed by atoms with van der Waals surface area (Å²) in [7, 11) is -1.76. The molecule has 5 nitrogen and oxygen atoms in total. The van der Waals surface area contributed by atoms with Gasteiger partial charge in [-0.2, -0.15) is 0 Å². The van der Waals surface area contributed by atoms with Crippen molar-refractivity contribution in [2.75, 3.05) is 28.7 Å². The smallest absolute Gasteiger partial charge is 0.151 e. The molecule has 0 spiro atoms. The number of fused-ring (bicyclic) bond motifs is 1. The fraction of sp³-hybridized carbons (Fsp3) is 0.294. The number of hydrogen-bond donors (Lipinski definition) is 3. The fourth-order valence-electron chi connectivity index (χ4n) is 2.94. The van der Waals surface area contributed by atoms with Gasteiger partial charge in [-0.15, -0.1) is 12.4 Å². The predicted octanol–water partition coefficient (Wildman–Crippen LogP) is 4.92. The maximum absolute atomic E-state index is 14.3. The summed E-state index contributed by atoms with van der Waals surface area (Å²) < 4.78 is 52.7. The predicted molar refractivity (Wildman–Crippen MR) is 106 cm³/mol. The Balaban J connectivity index is 0.00000243. The zero-order valence-electron chi connectivity index (χ0n) is 14.2. The van der Waals surface area contributed by atoms with Gasteiger partial charge < -0.3 is 5.32 Å². The molecule has 0 bridgehead atoms. The van der Waals surface area contributed by atoms with Crippen LogP contribution < -0.4 is 13.9 Å². The lowest BCUT2D eigenvalue weighted by molar-refractivity contribution is 0.480. The van der Waals surface area contributed by atoms with Crippen LogP contribution in [0.4, 0.5) is 25.8 Å². The third-order valence-electron chi connectivity index (χ3n) is 4.09. The topological polar surface area (TPSA) is 59.0 Å². The third kappa shape index (κ3) is 3.60. The molecule has 0 saturated heterocycles. The van der Waals surface area contributed by atoms with Crippen LogP contribution in [0.25, 0.3) is 0 Å². The van der Waals surface area contributed by atoms with Gasteiger partial charge in [0.2, 0.25) is 0 Å². The number of unbranched alkanes of at least 4 members (excludes halogenated alkanes) is 1. The van der Waals surface area contributed by atoms with Gasteiger partial charge in [-0.05, 0) is 61.7 Å². The van der Waals surface area contributed by atoms with E-state index in [1.54, 1.807) is 24.3 Å². The zero-order valence-corrected chi connectivity index (χ0v) is 15.9. The second kappa shape index (κ2) is 8.41. The summed E-state index contributed by atoms with van der Waals surface area (Å²) in [6.45, 7) is 1.17. The maximum atomic E-state index is 14.3. The highest BCUT2D eigenvalue weighted by molar-refractivity contribution is 8.27. The van der Waals surface area contributed by atoms with E-state index in [2.05, 4.69) is 5.32 Å². The molecule has 0 saturated carbocycles. The molecule has 26 heavy (non-hydrogen) atoms. The van der Waals surface area contributed by atoms with E-state index in [1.807, 2.05) is 7.05 Å². The van der Waals surface area contributed by atoms with E-state index in [0.29, 0.717) is 24.3 Å². The molecule has 0 amide bonds. The van der Waals surface area contributed by atoms with Gasteiger partial charge >= 0.3 is 0 Å². The molecule has 3 N–H and O–H groups in total. The average Bonchev–Trinajstić information content (AvgIpc) is 2.79. The van der Waals surface area contributed by atoms with Crippen molar-refractivity contribution in [3.05, 3.63) is 54.1 Å². The number of nitrogens with zero attached hydrogens (tertiary/aromatic N) is 2. The van der Waals surface area contributed by atoms with Crippen molar-refractivity contribution in [1.82, 2.24) is 5.32 Å². The van der Waals surface area contributed by atoms with Gasteiger partial charge in [0.05, 0.1) is 11.4 Å². The first-order chi connectivity index (χ1) is 12.0. The average molecular weight is 406 g/mol. The Bertz CT molecular complexity index is 746. The minimum Gasteiger partial charge on any atom is -0.320 e. The monoisotopic (exact) mass is 405 g/mol. The molecule has 144 valence electrons. The molecular weight excluding hydrogens is 384 g/mol. The number of benzene rings is 2. The molecule has 2 aromatic rings. The van der Waals surface area contributed by atoms with E-state index in [-0.39, 0.29) is 12.4 Å². The normalized spacial score (nSPS) is 16.2. The second-order valence-electron chi connectivity index (χ2n) is 5.76. The van der Waals surface area contributed by atoms with E-state index in [1.165, 1.54) is 10.4 Å². The first-order valence-electron chi connectivity index (χ1n) is 8.02. The molecule has 1 aliphatic rings. The Morgan fingerprint density at radius 1 is 0.962 bits per heavy atom. The van der Waals surface area contributed by atoms with Crippen molar-refractivity contribution < 1.29 is 17.9 Å². The zero-order chi connectivity index (χ0) is 18.0. The van der Waals surface area contributed by atoms with Crippen LogP contribution in [0.3, 0.4) is 0 Å². The lowest BCUT2D eigenvalue weighted by Gasteiger charge is -2.43. The van der Waals surface area contributed by atoms with Gasteiger partial charge in [0.1, 0.15) is 5.69 Å². The molecule has 3 rings (SSSR count). The summed E-state index contributed by atoms with van der Waals surface area (Å²) in [5.74, 6) is -1.68. The van der Waals surface area contributed by atoms with Crippen molar-refractivity contribution >= 4 is 40.4 Å². The molecule has 9 heteroatoms. The van der Waals surface area contributed by atoms with Crippen LogP contribution >= 0.6 is 23.4 Å². The summed E-state index contributed by atoms with van der Waals surface area (Å²) >= 11 is 0. The van der Waals surface area contributed by atoms with Crippen LogP contribution in [0.15, 0.2) is 42.5 Å². The van der Waals surface area contributed by atoms with Crippen LogP contribution in [0, 0.1) is 11.6 Å². The Hall–Kier alpha value is -1.58. The van der Waals surface area contributed by atoms with Gasteiger partial charge in [0, 0.05) is 6.54 Å². The van der Waals surface area contributed by atoms with Crippen molar-refractivity contribution in [2.45, 2.75) is 12.8 Å². The number of halogens is 3. The standard InChI is InChI=1S/C17H21F2N3O2S.ClH/c1-20-11-4-5-12-21-15-9-2-3-10-16(15)22(25(21,23)24)17-13(18)7-6-8-14(17)19;/h2-3,6-10,20,23-24H,4-5,11-12H2,1H3;1H. The van der Waals surface area contributed by atoms with Gasteiger partial charge in [-0.25, -0.2) is 13.1 Å². The molecule has 0 unspecified atom stereocenters. The summed E-state index contributed by atoms with van der Waals surface area (Å²) in [6.07, 6.45) is 1.55. The van der Waals surface area contributed by atoms with Crippen LogP contribution in [-0.4, -0.2) is 29.2 Å². The van der Waals surface area contributed by atoms with Crippen molar-refractivity contribution in [3.63, 3.8) is 0 Å². The van der Waals surface area contributed by atoms with E-state index < -0.39 is 28.3 Å². The molecule has 0 aliphatic carbocycles. The highest BCUT2D eigenvalue weighted by Gasteiger charge is 2.43. The van der Waals surface area contributed by atoms with E-state index in [0.717, 1.165) is 29.4 Å². The first-order valence-corrected chi connectivity index (χ1v) is 9.48. The van der Waals surface area contributed by atoms with Crippen LogP contribution in [0.2, 0.25) is 0 Å². The minimum absolute atomic E-state index is 0. The lowest BCUT2D eigenvalue weighted by Crippen LogP contribution is -2.32. The van der Waals surface area contributed by atoms with E-state index in [9.17, 15) is 17.9 Å². The maximum Gasteiger partial charge on any atom is 0.151 e.